The predicted octanol–water partition coefficient (Wildman–Crippen LogP) is 3.93. The van der Waals surface area contributed by atoms with Crippen LogP contribution in [0, 0.1) is 5.82 Å². The molecule has 0 bridgehead atoms. The molecule has 3 rings (SSSR count). The lowest BCUT2D eigenvalue weighted by atomic mass is 9.74. The molecule has 1 saturated carbocycles. The highest BCUT2D eigenvalue weighted by molar-refractivity contribution is 7.92. The largest absolute Gasteiger partial charge is 0.430 e. The summed E-state index contributed by atoms with van der Waals surface area (Å²) in [6.45, 7) is 0. The topological polar surface area (TPSA) is 80.4 Å². The second-order valence-electron chi connectivity index (χ2n) is 7.40. The molecular formula is C19H16F7NO3S. The second kappa shape index (κ2) is 7.17. The first-order valence-electron chi connectivity index (χ1n) is 8.79. The highest BCUT2D eigenvalue weighted by Crippen LogP contribution is 2.53. The van der Waals surface area contributed by atoms with E-state index in [4.69, 9.17) is 5.73 Å². The van der Waals surface area contributed by atoms with Gasteiger partial charge in [-0.15, -0.1) is 0 Å². The Morgan fingerprint density at radius 2 is 1.32 bits per heavy atom. The molecule has 1 aliphatic carbocycles. The molecule has 2 aromatic rings. The summed E-state index contributed by atoms with van der Waals surface area (Å²) in [5.41, 5.74) is -0.980. The van der Waals surface area contributed by atoms with Gasteiger partial charge in [0.05, 0.1) is 4.90 Å². The summed E-state index contributed by atoms with van der Waals surface area (Å²) in [4.78, 5) is -0.271. The van der Waals surface area contributed by atoms with Gasteiger partial charge in [-0.1, -0.05) is 24.3 Å². The summed E-state index contributed by atoms with van der Waals surface area (Å²) in [5, 5.41) is 9.50. The molecule has 1 fully saturated rings. The summed E-state index contributed by atoms with van der Waals surface area (Å²) < 4.78 is 116. The first-order valence-corrected chi connectivity index (χ1v) is 10.3. The van der Waals surface area contributed by atoms with Gasteiger partial charge < -0.3 is 10.8 Å². The average molecular weight is 471 g/mol. The van der Waals surface area contributed by atoms with E-state index in [9.17, 15) is 44.3 Å². The summed E-state index contributed by atoms with van der Waals surface area (Å²) in [7, 11) is -4.23. The van der Waals surface area contributed by atoms with Crippen molar-refractivity contribution in [2.24, 2.45) is 5.73 Å². The molecule has 0 aromatic heterocycles. The van der Waals surface area contributed by atoms with Crippen LogP contribution >= 0.6 is 0 Å². The lowest BCUT2D eigenvalue weighted by molar-refractivity contribution is -0.376. The highest BCUT2D eigenvalue weighted by Gasteiger charge is 2.71. The zero-order valence-electron chi connectivity index (χ0n) is 15.5. The van der Waals surface area contributed by atoms with Crippen LogP contribution in [0.1, 0.15) is 24.0 Å². The molecule has 0 spiro atoms. The Labute approximate surface area is 172 Å². The maximum Gasteiger partial charge on any atom is 0.430 e. The molecule has 0 aliphatic heterocycles. The zero-order valence-corrected chi connectivity index (χ0v) is 16.3. The van der Waals surface area contributed by atoms with Gasteiger partial charge >= 0.3 is 12.4 Å². The molecule has 31 heavy (non-hydrogen) atoms. The molecule has 0 radical (unpaired) electrons. The van der Waals surface area contributed by atoms with Crippen LogP contribution in [0.15, 0.2) is 53.4 Å². The average Bonchev–Trinajstić information content (AvgIpc) is 2.63. The minimum atomic E-state index is -6.07. The Balaban J connectivity index is 2.10. The highest BCUT2D eigenvalue weighted by atomic mass is 32.2. The van der Waals surface area contributed by atoms with Crippen molar-refractivity contribution in [1.29, 1.82) is 0 Å². The lowest BCUT2D eigenvalue weighted by Gasteiger charge is -2.46. The minimum absolute atomic E-state index is 0.0889. The molecule has 0 saturated heterocycles. The Hall–Kier alpha value is -2.18. The summed E-state index contributed by atoms with van der Waals surface area (Å²) in [6.07, 6.45) is -12.4. The predicted molar refractivity (Wildman–Crippen MR) is 94.9 cm³/mol. The fourth-order valence-corrected chi connectivity index (χ4v) is 6.00. The van der Waals surface area contributed by atoms with E-state index in [2.05, 4.69) is 0 Å². The van der Waals surface area contributed by atoms with Crippen LogP contribution in [0.4, 0.5) is 30.7 Å². The monoisotopic (exact) mass is 471 g/mol. The number of sulfone groups is 1. The molecule has 0 atom stereocenters. The molecule has 0 unspecified atom stereocenters. The Morgan fingerprint density at radius 3 is 1.71 bits per heavy atom. The van der Waals surface area contributed by atoms with Gasteiger partial charge in [0.15, 0.2) is 9.84 Å². The third kappa shape index (κ3) is 3.50. The maximum absolute atomic E-state index is 13.2. The van der Waals surface area contributed by atoms with Gasteiger partial charge in [-0.3, -0.25) is 0 Å². The van der Waals surface area contributed by atoms with Gasteiger partial charge in [0.25, 0.3) is 5.60 Å². The molecule has 170 valence electrons. The van der Waals surface area contributed by atoms with Crippen molar-refractivity contribution in [3.05, 3.63) is 65.5 Å². The molecule has 0 amide bonds. The number of hydrogen-bond acceptors (Lipinski definition) is 4. The van der Waals surface area contributed by atoms with E-state index in [-0.39, 0.29) is 23.3 Å². The van der Waals surface area contributed by atoms with Gasteiger partial charge in [0.2, 0.25) is 0 Å². The molecule has 2 aromatic carbocycles. The van der Waals surface area contributed by atoms with E-state index in [1.807, 2.05) is 0 Å². The number of aliphatic hydroxyl groups is 1. The van der Waals surface area contributed by atoms with E-state index in [1.165, 1.54) is 0 Å². The molecule has 12 heteroatoms. The number of benzene rings is 2. The van der Waals surface area contributed by atoms with E-state index < -0.39 is 50.0 Å². The third-order valence-corrected chi connectivity index (χ3v) is 7.96. The first-order chi connectivity index (χ1) is 14.1. The normalized spacial score (nSPS) is 22.8. The number of nitrogens with two attached hydrogens (primary N) is 1. The van der Waals surface area contributed by atoms with Crippen LogP contribution in [0.5, 0.6) is 0 Å². The van der Waals surface area contributed by atoms with Crippen molar-refractivity contribution in [2.45, 2.75) is 46.5 Å². The quantitative estimate of drug-likeness (QED) is 0.523. The molecule has 4 nitrogen and oxygen atoms in total. The van der Waals surface area contributed by atoms with Gasteiger partial charge in [-0.05, 0) is 42.7 Å². The van der Waals surface area contributed by atoms with Crippen molar-refractivity contribution in [3.63, 3.8) is 0 Å². The van der Waals surface area contributed by atoms with Crippen LogP contribution in [0.3, 0.4) is 0 Å². The second-order valence-corrected chi connectivity index (χ2v) is 9.66. The molecular weight excluding hydrogens is 455 g/mol. The number of rotatable bonds is 4. The smallest absolute Gasteiger partial charge is 0.369 e. The van der Waals surface area contributed by atoms with E-state index in [1.54, 1.807) is 0 Å². The van der Waals surface area contributed by atoms with Crippen LogP contribution in [-0.4, -0.2) is 31.9 Å². The Kier molecular flexibility index (Phi) is 5.43. The van der Waals surface area contributed by atoms with Crippen LogP contribution < -0.4 is 5.73 Å². The number of alkyl halides is 6. The standard InChI is InChI=1S/C19H16F7NO3S/c20-13-5-7-15(8-6-13)31(29,30)16(9-14(27)10-16)11-1-3-12(4-2-11)17(28,18(21,22)23)19(24,25)26/h1-8,14,28H,9-10,27H2. The Morgan fingerprint density at radius 1 is 0.871 bits per heavy atom. The van der Waals surface area contributed by atoms with E-state index in [0.717, 1.165) is 36.4 Å². The minimum Gasteiger partial charge on any atom is -0.369 e. The van der Waals surface area contributed by atoms with Crippen LogP contribution in [-0.2, 0) is 20.2 Å². The number of hydrogen-bond donors (Lipinski definition) is 2. The van der Waals surface area contributed by atoms with E-state index in [0.29, 0.717) is 12.1 Å². The van der Waals surface area contributed by atoms with Gasteiger partial charge in [0, 0.05) is 11.6 Å². The van der Waals surface area contributed by atoms with Crippen molar-refractivity contribution in [1.82, 2.24) is 0 Å². The van der Waals surface area contributed by atoms with Gasteiger partial charge in [-0.25, -0.2) is 12.8 Å². The summed E-state index contributed by atoms with van der Waals surface area (Å²) in [6, 6.07) is 5.65. The van der Waals surface area contributed by atoms with Crippen molar-refractivity contribution in [3.8, 4) is 0 Å². The number of halogens is 7. The van der Waals surface area contributed by atoms with Crippen molar-refractivity contribution < 1.29 is 44.3 Å². The fourth-order valence-electron chi connectivity index (χ4n) is 3.74. The van der Waals surface area contributed by atoms with Crippen LogP contribution in [0.25, 0.3) is 0 Å². The zero-order chi connectivity index (χ0) is 23.5. The van der Waals surface area contributed by atoms with Crippen molar-refractivity contribution >= 4 is 9.84 Å². The van der Waals surface area contributed by atoms with Gasteiger partial charge in [0.1, 0.15) is 10.6 Å². The Bertz CT molecular complexity index is 1040. The lowest BCUT2D eigenvalue weighted by Crippen LogP contribution is -2.54. The van der Waals surface area contributed by atoms with Gasteiger partial charge in [-0.2, -0.15) is 26.3 Å². The first kappa shape index (κ1) is 23.5. The molecule has 3 N–H and O–H groups in total. The third-order valence-electron chi connectivity index (χ3n) is 5.47. The molecule has 0 heterocycles. The van der Waals surface area contributed by atoms with Crippen molar-refractivity contribution in [2.75, 3.05) is 0 Å². The van der Waals surface area contributed by atoms with E-state index >= 15 is 0 Å². The summed E-state index contributed by atoms with van der Waals surface area (Å²) >= 11 is 0. The summed E-state index contributed by atoms with van der Waals surface area (Å²) in [5.74, 6) is -0.693. The fraction of sp³-hybridized carbons (Fsp3) is 0.368. The SMILES string of the molecule is NC1CC(c2ccc(C(O)(C(F)(F)F)C(F)(F)F)cc2)(S(=O)(=O)c2ccc(F)cc2)C1. The maximum atomic E-state index is 13.2. The van der Waals surface area contributed by atoms with Crippen LogP contribution in [0.2, 0.25) is 0 Å². The molecule has 1 aliphatic rings.